The largest absolute Gasteiger partial charge is 0.372 e. The Kier molecular flexibility index (Phi) is 4.48. The summed E-state index contributed by atoms with van der Waals surface area (Å²) in [7, 11) is 0. The lowest BCUT2D eigenvalue weighted by Crippen LogP contribution is -2.33. The molecule has 1 aromatic carbocycles. The summed E-state index contributed by atoms with van der Waals surface area (Å²) in [4.78, 5) is 18.7. The molecule has 2 aromatic rings. The van der Waals surface area contributed by atoms with Gasteiger partial charge in [0.1, 0.15) is 5.82 Å². The molecule has 3 heterocycles. The van der Waals surface area contributed by atoms with Crippen LogP contribution >= 0.6 is 0 Å². The summed E-state index contributed by atoms with van der Waals surface area (Å²) in [6.07, 6.45) is 1.96. The molecule has 2 saturated heterocycles. The van der Waals surface area contributed by atoms with Crippen molar-refractivity contribution < 1.29 is 18.4 Å². The van der Waals surface area contributed by atoms with Crippen molar-refractivity contribution in [2.45, 2.75) is 45.3 Å². The summed E-state index contributed by atoms with van der Waals surface area (Å²) in [6, 6.07) is 4.56. The Morgan fingerprint density at radius 2 is 2.19 bits per heavy atom. The van der Waals surface area contributed by atoms with Crippen LogP contribution in [0.4, 0.5) is 4.39 Å². The molecule has 7 heteroatoms. The highest BCUT2D eigenvalue weighted by atomic mass is 19.1. The molecule has 1 amide bonds. The van der Waals surface area contributed by atoms with Crippen LogP contribution in [0.5, 0.6) is 0 Å². The third kappa shape index (κ3) is 3.49. The number of rotatable bonds is 4. The Morgan fingerprint density at radius 3 is 2.88 bits per heavy atom. The predicted molar refractivity (Wildman–Crippen MR) is 90.9 cm³/mol. The van der Waals surface area contributed by atoms with Crippen molar-refractivity contribution in [1.29, 1.82) is 0 Å². The first-order chi connectivity index (χ1) is 12.5. The van der Waals surface area contributed by atoms with Gasteiger partial charge in [0.25, 0.3) is 0 Å². The van der Waals surface area contributed by atoms with E-state index in [1.165, 1.54) is 12.1 Å². The maximum absolute atomic E-state index is 13.2. The average molecular weight is 359 g/mol. The zero-order chi connectivity index (χ0) is 18.3. The number of hydrogen-bond donors (Lipinski definition) is 0. The lowest BCUT2D eigenvalue weighted by Gasteiger charge is -2.19. The second-order valence-corrected chi connectivity index (χ2v) is 7.28. The lowest BCUT2D eigenvalue weighted by atomic mass is 10.0. The minimum absolute atomic E-state index is 0.0708. The van der Waals surface area contributed by atoms with Crippen LogP contribution in [0.1, 0.15) is 29.3 Å². The number of aromatic nitrogens is 2. The van der Waals surface area contributed by atoms with Crippen molar-refractivity contribution in [3.63, 3.8) is 0 Å². The number of halogens is 1. The Labute approximate surface area is 151 Å². The van der Waals surface area contributed by atoms with Crippen LogP contribution in [0.2, 0.25) is 0 Å². The number of ether oxygens (including phenoxy) is 1. The van der Waals surface area contributed by atoms with Crippen LogP contribution in [0, 0.1) is 25.6 Å². The number of carbonyl (C=O) groups is 1. The van der Waals surface area contributed by atoms with Gasteiger partial charge in [-0.2, -0.15) is 4.98 Å². The Hall–Kier alpha value is -2.28. The van der Waals surface area contributed by atoms with E-state index in [2.05, 4.69) is 10.1 Å². The molecule has 3 atom stereocenters. The molecule has 0 spiro atoms. The first-order valence-electron chi connectivity index (χ1n) is 8.95. The summed E-state index contributed by atoms with van der Waals surface area (Å²) in [5.41, 5.74) is 1.68. The summed E-state index contributed by atoms with van der Waals surface area (Å²) >= 11 is 0. The molecule has 138 valence electrons. The fourth-order valence-electron chi connectivity index (χ4n) is 3.95. The van der Waals surface area contributed by atoms with E-state index >= 15 is 0 Å². The monoisotopic (exact) mass is 359 g/mol. The van der Waals surface area contributed by atoms with Crippen molar-refractivity contribution >= 4 is 5.91 Å². The molecule has 0 radical (unpaired) electrons. The molecular formula is C19H22FN3O3. The molecule has 4 rings (SSSR count). The zero-order valence-electron chi connectivity index (χ0n) is 14.9. The minimum Gasteiger partial charge on any atom is -0.372 e. The number of fused-ring (bicyclic) bond motifs is 1. The van der Waals surface area contributed by atoms with E-state index in [0.717, 1.165) is 17.5 Å². The van der Waals surface area contributed by atoms with E-state index in [1.54, 1.807) is 13.0 Å². The number of carbonyl (C=O) groups excluding carboxylic acids is 1. The standard InChI is InChI=1S/C19H22FN3O3/c1-11-5-15(20)4-3-13(11)7-19(24)23-9-14-6-16(25-17(14)10-23)8-18-21-12(2)22-26-18/h3-5,14,16-17H,6-10H2,1-2H3/t14-,16-,17+/m0/s1. The Bertz CT molecular complexity index is 808. The van der Waals surface area contributed by atoms with Gasteiger partial charge in [0, 0.05) is 19.0 Å². The number of likely N-dealkylation sites (tertiary alicyclic amines) is 1. The van der Waals surface area contributed by atoms with E-state index in [4.69, 9.17) is 9.26 Å². The van der Waals surface area contributed by atoms with E-state index in [-0.39, 0.29) is 23.9 Å². The first-order valence-corrected chi connectivity index (χ1v) is 8.95. The third-order valence-electron chi connectivity index (χ3n) is 5.28. The van der Waals surface area contributed by atoms with Gasteiger partial charge in [-0.25, -0.2) is 4.39 Å². The van der Waals surface area contributed by atoms with Gasteiger partial charge >= 0.3 is 0 Å². The van der Waals surface area contributed by atoms with Crippen molar-refractivity contribution in [3.8, 4) is 0 Å². The van der Waals surface area contributed by atoms with Gasteiger partial charge in [-0.1, -0.05) is 11.2 Å². The van der Waals surface area contributed by atoms with Gasteiger partial charge in [-0.05, 0) is 43.5 Å². The molecule has 0 unspecified atom stereocenters. The molecule has 0 aliphatic carbocycles. The molecule has 0 bridgehead atoms. The number of benzene rings is 1. The molecule has 0 N–H and O–H groups in total. The van der Waals surface area contributed by atoms with E-state index in [9.17, 15) is 9.18 Å². The molecule has 0 saturated carbocycles. The third-order valence-corrected chi connectivity index (χ3v) is 5.28. The second kappa shape index (κ2) is 6.79. The topological polar surface area (TPSA) is 68.5 Å². The zero-order valence-corrected chi connectivity index (χ0v) is 14.9. The van der Waals surface area contributed by atoms with E-state index in [0.29, 0.717) is 43.6 Å². The second-order valence-electron chi connectivity index (χ2n) is 7.28. The first kappa shape index (κ1) is 17.1. The Morgan fingerprint density at radius 1 is 1.35 bits per heavy atom. The summed E-state index contributed by atoms with van der Waals surface area (Å²) in [5, 5.41) is 3.80. The van der Waals surface area contributed by atoms with Gasteiger partial charge in [0.05, 0.1) is 25.0 Å². The van der Waals surface area contributed by atoms with Gasteiger partial charge in [-0.3, -0.25) is 4.79 Å². The summed E-state index contributed by atoms with van der Waals surface area (Å²) in [5.74, 6) is 1.38. The van der Waals surface area contributed by atoms with Crippen molar-refractivity contribution in [2.24, 2.45) is 5.92 Å². The van der Waals surface area contributed by atoms with Crippen LogP contribution < -0.4 is 0 Å². The highest BCUT2D eigenvalue weighted by Gasteiger charge is 2.43. The number of hydrogen-bond acceptors (Lipinski definition) is 5. The number of aryl methyl sites for hydroxylation is 2. The van der Waals surface area contributed by atoms with E-state index in [1.807, 2.05) is 11.8 Å². The average Bonchev–Trinajstić information content (AvgIpc) is 3.25. The van der Waals surface area contributed by atoms with E-state index < -0.39 is 0 Å². The summed E-state index contributed by atoms with van der Waals surface area (Å²) < 4.78 is 24.5. The SMILES string of the molecule is Cc1noc(C[C@@H]2C[C@H]3CN(C(=O)Cc4ccc(F)cc4C)C[C@H]3O2)n1. The van der Waals surface area contributed by atoms with Crippen LogP contribution in [0.25, 0.3) is 0 Å². The highest BCUT2D eigenvalue weighted by molar-refractivity contribution is 5.79. The van der Waals surface area contributed by atoms with Gasteiger partial charge < -0.3 is 14.2 Å². The fraction of sp³-hybridized carbons (Fsp3) is 0.526. The lowest BCUT2D eigenvalue weighted by molar-refractivity contribution is -0.130. The molecular weight excluding hydrogens is 337 g/mol. The maximum Gasteiger partial charge on any atom is 0.229 e. The maximum atomic E-state index is 13.2. The van der Waals surface area contributed by atoms with Crippen molar-refractivity contribution in [2.75, 3.05) is 13.1 Å². The van der Waals surface area contributed by atoms with Crippen LogP contribution in [-0.4, -0.2) is 46.2 Å². The summed E-state index contributed by atoms with van der Waals surface area (Å²) in [6.45, 7) is 4.95. The van der Waals surface area contributed by atoms with Gasteiger partial charge in [0.2, 0.25) is 11.8 Å². The minimum atomic E-state index is -0.273. The normalized spacial score (nSPS) is 24.9. The fourth-order valence-corrected chi connectivity index (χ4v) is 3.95. The Balaban J connectivity index is 1.32. The highest BCUT2D eigenvalue weighted by Crippen LogP contribution is 2.34. The van der Waals surface area contributed by atoms with Crippen molar-refractivity contribution in [1.82, 2.24) is 15.0 Å². The van der Waals surface area contributed by atoms with Gasteiger partial charge in [0.15, 0.2) is 5.82 Å². The molecule has 26 heavy (non-hydrogen) atoms. The van der Waals surface area contributed by atoms with Crippen LogP contribution in [0.3, 0.4) is 0 Å². The van der Waals surface area contributed by atoms with Crippen LogP contribution in [0.15, 0.2) is 22.7 Å². The van der Waals surface area contributed by atoms with Gasteiger partial charge in [-0.15, -0.1) is 0 Å². The smallest absolute Gasteiger partial charge is 0.229 e. The predicted octanol–water partition coefficient (Wildman–Crippen LogP) is 2.23. The van der Waals surface area contributed by atoms with Crippen molar-refractivity contribution in [3.05, 3.63) is 46.9 Å². The van der Waals surface area contributed by atoms with Crippen LogP contribution in [-0.2, 0) is 22.4 Å². The molecule has 2 fully saturated rings. The quantitative estimate of drug-likeness (QED) is 0.837. The molecule has 6 nitrogen and oxygen atoms in total. The molecule has 2 aliphatic rings. The molecule has 1 aromatic heterocycles. The molecule has 2 aliphatic heterocycles. The number of amides is 1. The number of nitrogens with zero attached hydrogens (tertiary/aromatic N) is 3.